The van der Waals surface area contributed by atoms with Crippen LogP contribution in [0.5, 0.6) is 0 Å². The van der Waals surface area contributed by atoms with Crippen molar-refractivity contribution in [1.82, 2.24) is 15.5 Å². The van der Waals surface area contributed by atoms with Crippen molar-refractivity contribution in [2.45, 2.75) is 13.0 Å². The number of rotatable bonds is 4. The van der Waals surface area contributed by atoms with Gasteiger partial charge in [0.25, 0.3) is 5.89 Å². The zero-order valence-electron chi connectivity index (χ0n) is 16.4. The average Bonchev–Trinajstić information content (AvgIpc) is 3.47. The number of thiophene rings is 1. The maximum Gasteiger partial charge on any atom is 0.258 e. The Bertz CT molecular complexity index is 1250. The van der Waals surface area contributed by atoms with Gasteiger partial charge in [0, 0.05) is 16.4 Å². The molecule has 3 heterocycles. The lowest BCUT2D eigenvalue weighted by atomic mass is 9.94. The van der Waals surface area contributed by atoms with Gasteiger partial charge in [-0.3, -0.25) is 4.90 Å². The molecule has 154 valence electrons. The van der Waals surface area contributed by atoms with Gasteiger partial charge in [0.2, 0.25) is 5.82 Å². The Kier molecular flexibility index (Phi) is 5.31. The highest BCUT2D eigenvalue weighted by Crippen LogP contribution is 2.39. The van der Waals surface area contributed by atoms with Gasteiger partial charge in [-0.15, -0.1) is 11.3 Å². The number of aromatic nitrogens is 2. The monoisotopic (exact) mass is 464 g/mol. The standard InChI is InChI=1S/C23H17ClN4OS2/c1-14-19(22-26-21(27-29-22)18-8-5-13-31-18)20(15-6-3-2-4-7-15)25-23(30)28(14)17-11-9-16(24)10-12-17/h2-13,20H,1H3,(H,25,30). The molecule has 0 radical (unpaired) electrons. The van der Waals surface area contributed by atoms with E-state index in [1.54, 1.807) is 11.3 Å². The number of halogens is 1. The zero-order chi connectivity index (χ0) is 21.4. The van der Waals surface area contributed by atoms with Gasteiger partial charge in [0.15, 0.2) is 5.11 Å². The van der Waals surface area contributed by atoms with Crippen molar-refractivity contribution in [2.24, 2.45) is 0 Å². The highest BCUT2D eigenvalue weighted by molar-refractivity contribution is 7.80. The molecule has 0 saturated carbocycles. The van der Waals surface area contributed by atoms with Crippen LogP contribution >= 0.6 is 35.2 Å². The lowest BCUT2D eigenvalue weighted by Crippen LogP contribution is -2.46. The highest BCUT2D eigenvalue weighted by atomic mass is 35.5. The van der Waals surface area contributed by atoms with Crippen molar-refractivity contribution in [3.63, 3.8) is 0 Å². The number of hydrogen-bond acceptors (Lipinski definition) is 5. The number of thiocarbonyl (C=S) groups is 1. The topological polar surface area (TPSA) is 54.2 Å². The van der Waals surface area contributed by atoms with Gasteiger partial charge in [0.1, 0.15) is 0 Å². The lowest BCUT2D eigenvalue weighted by molar-refractivity contribution is 0.404. The summed E-state index contributed by atoms with van der Waals surface area (Å²) < 4.78 is 5.75. The van der Waals surface area contributed by atoms with Gasteiger partial charge < -0.3 is 9.84 Å². The molecule has 4 aromatic rings. The van der Waals surface area contributed by atoms with Crippen molar-refractivity contribution in [3.8, 4) is 10.7 Å². The van der Waals surface area contributed by atoms with Crippen molar-refractivity contribution in [3.05, 3.63) is 94.3 Å². The molecule has 8 heteroatoms. The Labute approximate surface area is 194 Å². The van der Waals surface area contributed by atoms with Crippen LogP contribution in [0.4, 0.5) is 5.69 Å². The molecular formula is C23H17ClN4OS2. The molecule has 2 aromatic heterocycles. The van der Waals surface area contributed by atoms with Crippen LogP contribution in [0.2, 0.25) is 5.02 Å². The third-order valence-electron chi connectivity index (χ3n) is 5.10. The minimum Gasteiger partial charge on any atom is -0.351 e. The van der Waals surface area contributed by atoms with Crippen LogP contribution in [0.1, 0.15) is 24.4 Å². The van der Waals surface area contributed by atoms with Gasteiger partial charge in [-0.2, -0.15) is 4.98 Å². The predicted molar refractivity (Wildman–Crippen MR) is 129 cm³/mol. The maximum absolute atomic E-state index is 6.09. The fraction of sp³-hybridized carbons (Fsp3) is 0.0870. The molecule has 31 heavy (non-hydrogen) atoms. The van der Waals surface area contributed by atoms with Crippen molar-refractivity contribution in [2.75, 3.05) is 4.90 Å². The van der Waals surface area contributed by atoms with Crippen LogP contribution in [0, 0.1) is 0 Å². The molecule has 0 amide bonds. The number of nitrogens with zero attached hydrogens (tertiary/aromatic N) is 3. The zero-order valence-corrected chi connectivity index (χ0v) is 18.8. The fourth-order valence-electron chi connectivity index (χ4n) is 3.66. The summed E-state index contributed by atoms with van der Waals surface area (Å²) in [6, 6.07) is 21.4. The van der Waals surface area contributed by atoms with E-state index in [1.165, 1.54) is 0 Å². The van der Waals surface area contributed by atoms with E-state index in [9.17, 15) is 0 Å². The summed E-state index contributed by atoms with van der Waals surface area (Å²) >= 11 is 13.4. The minimum atomic E-state index is -0.214. The molecule has 1 atom stereocenters. The van der Waals surface area contributed by atoms with E-state index >= 15 is 0 Å². The molecule has 0 aliphatic carbocycles. The van der Waals surface area contributed by atoms with Gasteiger partial charge in [0.05, 0.1) is 16.5 Å². The fourth-order valence-corrected chi connectivity index (χ4v) is 4.79. The smallest absolute Gasteiger partial charge is 0.258 e. The molecule has 1 N–H and O–H groups in total. The second kappa shape index (κ2) is 8.26. The Balaban J connectivity index is 1.66. The maximum atomic E-state index is 6.09. The van der Waals surface area contributed by atoms with E-state index in [0.29, 0.717) is 21.9 Å². The van der Waals surface area contributed by atoms with E-state index in [2.05, 4.69) is 22.6 Å². The summed E-state index contributed by atoms with van der Waals surface area (Å²) in [5.74, 6) is 1.03. The Hall–Kier alpha value is -3.00. The first-order chi connectivity index (χ1) is 15.1. The molecule has 0 saturated heterocycles. The van der Waals surface area contributed by atoms with Gasteiger partial charge in [-0.05, 0) is 60.4 Å². The third kappa shape index (κ3) is 3.76. The van der Waals surface area contributed by atoms with Crippen LogP contribution in [0.25, 0.3) is 16.3 Å². The van der Waals surface area contributed by atoms with Crippen molar-refractivity contribution < 1.29 is 4.52 Å². The van der Waals surface area contributed by atoms with Gasteiger partial charge >= 0.3 is 0 Å². The summed E-state index contributed by atoms with van der Waals surface area (Å²) in [6.07, 6.45) is 0. The molecule has 0 fully saturated rings. The van der Waals surface area contributed by atoms with E-state index < -0.39 is 0 Å². The van der Waals surface area contributed by atoms with E-state index in [4.69, 9.17) is 33.3 Å². The first-order valence-corrected chi connectivity index (χ1v) is 11.3. The van der Waals surface area contributed by atoms with Crippen LogP contribution in [-0.4, -0.2) is 15.3 Å². The Morgan fingerprint density at radius 1 is 1.06 bits per heavy atom. The number of nitrogens with one attached hydrogen (secondary N) is 1. The van der Waals surface area contributed by atoms with Gasteiger partial charge in [-0.1, -0.05) is 53.2 Å². The van der Waals surface area contributed by atoms with Crippen molar-refractivity contribution >= 4 is 51.5 Å². The molecule has 5 nitrogen and oxygen atoms in total. The second-order valence-electron chi connectivity index (χ2n) is 7.00. The molecule has 1 aliphatic heterocycles. The van der Waals surface area contributed by atoms with Gasteiger partial charge in [-0.25, -0.2) is 0 Å². The number of hydrogen-bond donors (Lipinski definition) is 1. The highest BCUT2D eigenvalue weighted by Gasteiger charge is 2.34. The second-order valence-corrected chi connectivity index (χ2v) is 8.78. The van der Waals surface area contributed by atoms with Crippen LogP contribution in [0.3, 0.4) is 0 Å². The Morgan fingerprint density at radius 2 is 1.84 bits per heavy atom. The van der Waals surface area contributed by atoms with E-state index in [0.717, 1.165) is 27.4 Å². The van der Waals surface area contributed by atoms with E-state index in [1.807, 2.05) is 71.8 Å². The molecule has 1 aliphatic rings. The summed E-state index contributed by atoms with van der Waals surface area (Å²) in [6.45, 7) is 2.02. The molecule has 0 spiro atoms. The largest absolute Gasteiger partial charge is 0.351 e. The normalized spacial score (nSPS) is 16.5. The van der Waals surface area contributed by atoms with Crippen LogP contribution in [0.15, 0.2) is 82.3 Å². The molecule has 5 rings (SSSR count). The Morgan fingerprint density at radius 3 is 2.55 bits per heavy atom. The molecule has 0 bridgehead atoms. The number of benzene rings is 2. The lowest BCUT2D eigenvalue weighted by Gasteiger charge is -2.37. The average molecular weight is 465 g/mol. The van der Waals surface area contributed by atoms with Crippen LogP contribution < -0.4 is 10.2 Å². The first-order valence-electron chi connectivity index (χ1n) is 9.61. The molecule has 1 unspecified atom stereocenters. The number of allylic oxidation sites excluding steroid dienone is 1. The number of anilines is 1. The summed E-state index contributed by atoms with van der Waals surface area (Å²) in [4.78, 5) is 7.64. The van der Waals surface area contributed by atoms with Crippen molar-refractivity contribution in [1.29, 1.82) is 0 Å². The predicted octanol–water partition coefficient (Wildman–Crippen LogP) is 6.32. The third-order valence-corrected chi connectivity index (χ3v) is 6.52. The SMILES string of the molecule is CC1=C(c2nc(-c3cccs3)no2)C(c2ccccc2)NC(=S)N1c1ccc(Cl)cc1. The quantitative estimate of drug-likeness (QED) is 0.357. The molecule has 2 aromatic carbocycles. The minimum absolute atomic E-state index is 0.214. The van der Waals surface area contributed by atoms with E-state index in [-0.39, 0.29) is 6.04 Å². The molecular weight excluding hydrogens is 448 g/mol. The summed E-state index contributed by atoms with van der Waals surface area (Å²) in [5.41, 5.74) is 3.76. The first kappa shape index (κ1) is 19.9. The summed E-state index contributed by atoms with van der Waals surface area (Å²) in [7, 11) is 0. The summed E-state index contributed by atoms with van der Waals surface area (Å²) in [5, 5.41) is 10.9. The van der Waals surface area contributed by atoms with Crippen LogP contribution in [-0.2, 0) is 0 Å².